The molecule has 11 rings (SSSR count). The number of nitrogens with zero attached hydrogens (tertiary/aromatic N) is 3. The largest absolute Gasteiger partial charge is 0.208 e. The predicted molar refractivity (Wildman–Crippen MR) is 242 cm³/mol. The summed E-state index contributed by atoms with van der Waals surface area (Å²) in [5.74, 6) is 2.01. The van der Waals surface area contributed by atoms with Crippen molar-refractivity contribution in [3.63, 3.8) is 0 Å². The minimum absolute atomic E-state index is 0.658. The molecule has 0 fully saturated rings. The zero-order chi connectivity index (χ0) is 38.1. The molecule has 1 aliphatic rings. The second kappa shape index (κ2) is 13.0. The Balaban J connectivity index is 1.02. The van der Waals surface area contributed by atoms with Gasteiger partial charge in [-0.15, -0.1) is 0 Å². The van der Waals surface area contributed by atoms with Crippen LogP contribution in [0, 0.1) is 0 Å². The lowest BCUT2D eigenvalue weighted by Gasteiger charge is -2.19. The van der Waals surface area contributed by atoms with Gasteiger partial charge in [0.05, 0.1) is 0 Å². The first-order chi connectivity index (χ1) is 28.0. The van der Waals surface area contributed by atoms with Crippen LogP contribution < -0.4 is 10.4 Å². The number of hydrogen-bond acceptors (Lipinski definition) is 3. The molecule has 57 heavy (non-hydrogen) atoms. The highest BCUT2D eigenvalue weighted by Crippen LogP contribution is 2.36. The second-order valence-electron chi connectivity index (χ2n) is 15.6. The highest BCUT2D eigenvalue weighted by atomic mass is 28.3. The monoisotopic (exact) mass is 743 g/mol. The Morgan fingerprint density at radius 3 is 1.56 bits per heavy atom. The lowest BCUT2D eigenvalue weighted by molar-refractivity contribution is 1.08. The molecular formula is C53H37N3Si. The maximum Gasteiger partial charge on any atom is 0.164 e. The van der Waals surface area contributed by atoms with Gasteiger partial charge in [0.2, 0.25) is 0 Å². The zero-order valence-corrected chi connectivity index (χ0v) is 32.7. The van der Waals surface area contributed by atoms with Gasteiger partial charge in [-0.2, -0.15) is 0 Å². The van der Waals surface area contributed by atoms with Crippen molar-refractivity contribution in [2.75, 3.05) is 0 Å². The first kappa shape index (κ1) is 33.3. The third kappa shape index (κ3) is 5.60. The molecular weight excluding hydrogens is 707 g/mol. The Kier molecular flexibility index (Phi) is 7.63. The molecule has 3 nitrogen and oxygen atoms in total. The van der Waals surface area contributed by atoms with E-state index in [-0.39, 0.29) is 0 Å². The van der Waals surface area contributed by atoms with Gasteiger partial charge in [-0.05, 0) is 94.3 Å². The van der Waals surface area contributed by atoms with E-state index >= 15 is 0 Å². The third-order valence-electron chi connectivity index (χ3n) is 11.9. The van der Waals surface area contributed by atoms with Crippen LogP contribution in [0.15, 0.2) is 188 Å². The minimum Gasteiger partial charge on any atom is -0.208 e. The molecule has 9 aromatic carbocycles. The highest BCUT2D eigenvalue weighted by molar-refractivity contribution is 7.03. The number of aromatic nitrogens is 3. The van der Waals surface area contributed by atoms with E-state index in [4.69, 9.17) is 15.0 Å². The summed E-state index contributed by atoms with van der Waals surface area (Å²) in [6.45, 7) is 4.90. The first-order valence-corrected chi connectivity index (χ1v) is 22.6. The van der Waals surface area contributed by atoms with Gasteiger partial charge in [0.15, 0.2) is 17.5 Å². The fourth-order valence-electron chi connectivity index (χ4n) is 8.93. The van der Waals surface area contributed by atoms with Crippen molar-refractivity contribution in [1.29, 1.82) is 0 Å². The van der Waals surface area contributed by atoms with Gasteiger partial charge in [0.25, 0.3) is 0 Å². The van der Waals surface area contributed by atoms with E-state index in [0.717, 1.165) is 38.6 Å². The Morgan fingerprint density at radius 1 is 0.298 bits per heavy atom. The van der Waals surface area contributed by atoms with Crippen molar-refractivity contribution in [2.45, 2.75) is 13.1 Å². The number of rotatable bonds is 5. The third-order valence-corrected chi connectivity index (χ3v) is 15.4. The topological polar surface area (TPSA) is 38.7 Å². The molecule has 2 heterocycles. The van der Waals surface area contributed by atoms with E-state index in [9.17, 15) is 0 Å². The smallest absolute Gasteiger partial charge is 0.164 e. The van der Waals surface area contributed by atoms with Crippen LogP contribution in [0.4, 0.5) is 0 Å². The normalized spacial score (nSPS) is 12.9. The average molecular weight is 744 g/mol. The molecule has 0 bridgehead atoms. The SMILES string of the molecule is C[Si]1(C)c2ccccc2-c2ccc(-c3nc(-c4cccc(-c5ccc6cc(-c7cccc8ccccc78)ccc6c5)c4)nc(-c4cccc5ccccc45)n3)cc21. The van der Waals surface area contributed by atoms with Crippen LogP contribution in [0.25, 0.3) is 99.9 Å². The quantitative estimate of drug-likeness (QED) is 0.165. The number of benzene rings is 9. The molecule has 0 amide bonds. The van der Waals surface area contributed by atoms with Gasteiger partial charge >= 0.3 is 0 Å². The molecule has 0 spiro atoms. The van der Waals surface area contributed by atoms with Crippen LogP contribution in [-0.4, -0.2) is 23.0 Å². The van der Waals surface area contributed by atoms with E-state index < -0.39 is 8.07 Å². The van der Waals surface area contributed by atoms with E-state index in [1.165, 1.54) is 54.2 Å². The maximum atomic E-state index is 5.24. The average Bonchev–Trinajstić information content (AvgIpc) is 3.50. The van der Waals surface area contributed by atoms with Gasteiger partial charge < -0.3 is 0 Å². The van der Waals surface area contributed by atoms with E-state index in [1.807, 2.05) is 0 Å². The van der Waals surface area contributed by atoms with Crippen LogP contribution in [0.3, 0.4) is 0 Å². The lowest BCUT2D eigenvalue weighted by Crippen LogP contribution is -2.49. The summed E-state index contributed by atoms with van der Waals surface area (Å²) in [6.07, 6.45) is 0. The minimum atomic E-state index is -1.90. The summed E-state index contributed by atoms with van der Waals surface area (Å²) in [7, 11) is -1.90. The molecule has 1 aromatic heterocycles. The molecule has 1 aliphatic heterocycles. The molecule has 10 aromatic rings. The zero-order valence-electron chi connectivity index (χ0n) is 31.7. The van der Waals surface area contributed by atoms with E-state index in [2.05, 4.69) is 201 Å². The Hall–Kier alpha value is -7.01. The summed E-state index contributed by atoms with van der Waals surface area (Å²) in [6, 6.07) is 67.8. The molecule has 0 saturated heterocycles. The van der Waals surface area contributed by atoms with E-state index in [0.29, 0.717) is 17.5 Å². The molecule has 0 aliphatic carbocycles. The van der Waals surface area contributed by atoms with Crippen LogP contribution in [-0.2, 0) is 0 Å². The van der Waals surface area contributed by atoms with Gasteiger partial charge in [-0.1, -0.05) is 183 Å². The van der Waals surface area contributed by atoms with Crippen molar-refractivity contribution < 1.29 is 0 Å². The molecule has 0 unspecified atom stereocenters. The lowest BCUT2D eigenvalue weighted by atomic mass is 9.94. The Morgan fingerprint density at radius 2 is 0.789 bits per heavy atom. The van der Waals surface area contributed by atoms with Gasteiger partial charge in [0, 0.05) is 16.7 Å². The molecule has 4 heteroatoms. The van der Waals surface area contributed by atoms with Gasteiger partial charge in [-0.3, -0.25) is 0 Å². The van der Waals surface area contributed by atoms with Gasteiger partial charge in [0.1, 0.15) is 8.07 Å². The maximum absolute atomic E-state index is 5.24. The first-order valence-electron chi connectivity index (χ1n) is 19.6. The van der Waals surface area contributed by atoms with Crippen LogP contribution in [0.2, 0.25) is 13.1 Å². The molecule has 0 atom stereocenters. The summed E-state index contributed by atoms with van der Waals surface area (Å²) < 4.78 is 0. The van der Waals surface area contributed by atoms with Crippen molar-refractivity contribution in [1.82, 2.24) is 15.0 Å². The van der Waals surface area contributed by atoms with Crippen LogP contribution >= 0.6 is 0 Å². The molecule has 0 saturated carbocycles. The summed E-state index contributed by atoms with van der Waals surface area (Å²) in [5, 5.41) is 10.1. The van der Waals surface area contributed by atoms with E-state index in [1.54, 1.807) is 0 Å². The Bertz CT molecular complexity index is 3230. The molecule has 0 N–H and O–H groups in total. The fraction of sp³-hybridized carbons (Fsp3) is 0.0377. The Labute approximate surface area is 333 Å². The molecule has 0 radical (unpaired) electrons. The fourth-order valence-corrected chi connectivity index (χ4v) is 12.0. The van der Waals surface area contributed by atoms with Crippen LogP contribution in [0.1, 0.15) is 0 Å². The van der Waals surface area contributed by atoms with Crippen molar-refractivity contribution >= 4 is 50.8 Å². The number of fused-ring (bicyclic) bond motifs is 6. The summed E-state index contributed by atoms with van der Waals surface area (Å²) in [5.41, 5.74) is 10.4. The standard InChI is InChI=1S/C53H37N3Si/c1-57(2)49-23-8-7-20-46(49)47-29-28-42(33-50(47)57)52-54-51(55-53(56-52)48-22-11-15-35-13-4-6-19-44(35)48)41-17-9-16-36(32-41)37-24-25-39-31-40(27-26-38(39)30-37)45-21-10-14-34-12-3-5-18-43(34)45/h3-33H,1-2H3. The summed E-state index contributed by atoms with van der Waals surface area (Å²) >= 11 is 0. The number of hydrogen-bond donors (Lipinski definition) is 0. The van der Waals surface area contributed by atoms with Gasteiger partial charge in [-0.25, -0.2) is 15.0 Å². The van der Waals surface area contributed by atoms with Crippen molar-refractivity contribution in [2.24, 2.45) is 0 Å². The summed E-state index contributed by atoms with van der Waals surface area (Å²) in [4.78, 5) is 15.7. The van der Waals surface area contributed by atoms with Crippen molar-refractivity contribution in [3.8, 4) is 67.5 Å². The van der Waals surface area contributed by atoms with Crippen molar-refractivity contribution in [3.05, 3.63) is 188 Å². The van der Waals surface area contributed by atoms with Crippen LogP contribution in [0.5, 0.6) is 0 Å². The highest BCUT2D eigenvalue weighted by Gasteiger charge is 2.37. The predicted octanol–water partition coefficient (Wildman–Crippen LogP) is 12.5. The second-order valence-corrected chi connectivity index (χ2v) is 20.0. The molecule has 268 valence electrons.